The monoisotopic (exact) mass is 547 g/mol. The van der Waals surface area contributed by atoms with E-state index in [2.05, 4.69) is 53.3 Å². The maximum Gasteiger partial charge on any atom is 0.191 e. The molecule has 30 heavy (non-hydrogen) atoms. The van der Waals surface area contributed by atoms with Gasteiger partial charge in [0.25, 0.3) is 0 Å². The molecule has 1 heterocycles. The number of rotatable bonds is 9. The van der Waals surface area contributed by atoms with Crippen molar-refractivity contribution in [3.05, 3.63) is 34.9 Å². The zero-order chi connectivity index (χ0) is 20.7. The Morgan fingerprint density at radius 1 is 1.13 bits per heavy atom. The van der Waals surface area contributed by atoms with Gasteiger partial charge in [-0.05, 0) is 49.9 Å². The highest BCUT2D eigenvalue weighted by atomic mass is 127. The molecule has 0 aromatic heterocycles. The van der Waals surface area contributed by atoms with Crippen LogP contribution < -0.4 is 10.6 Å². The number of benzene rings is 1. The van der Waals surface area contributed by atoms with Crippen LogP contribution in [0.1, 0.15) is 39.2 Å². The van der Waals surface area contributed by atoms with Gasteiger partial charge >= 0.3 is 0 Å². The Bertz CT molecular complexity index is 671. The molecule has 0 bridgehead atoms. The first-order valence-electron chi connectivity index (χ1n) is 11.3. The van der Waals surface area contributed by atoms with Crippen molar-refractivity contribution in [2.24, 2.45) is 10.9 Å². The van der Waals surface area contributed by atoms with Crippen LogP contribution in [0.2, 0.25) is 5.02 Å². The van der Waals surface area contributed by atoms with Crippen molar-refractivity contribution in [2.75, 3.05) is 58.9 Å². The fourth-order valence-corrected chi connectivity index (χ4v) is 4.33. The summed E-state index contributed by atoms with van der Waals surface area (Å²) >= 11 is 6.20. The maximum atomic E-state index is 6.20. The van der Waals surface area contributed by atoms with Gasteiger partial charge in [-0.2, -0.15) is 0 Å². The van der Waals surface area contributed by atoms with Gasteiger partial charge in [0.2, 0.25) is 0 Å². The molecule has 1 aliphatic heterocycles. The van der Waals surface area contributed by atoms with Gasteiger partial charge in [0, 0.05) is 56.3 Å². The number of guanidine groups is 1. The smallest absolute Gasteiger partial charge is 0.191 e. The second-order valence-electron chi connectivity index (χ2n) is 8.71. The molecule has 2 N–H and O–H groups in total. The summed E-state index contributed by atoms with van der Waals surface area (Å²) in [6.07, 6.45) is 2.38. The second kappa shape index (κ2) is 12.5. The van der Waals surface area contributed by atoms with Crippen LogP contribution >= 0.6 is 35.6 Å². The van der Waals surface area contributed by atoms with Crippen LogP contribution in [0, 0.1) is 5.92 Å². The Morgan fingerprint density at radius 2 is 1.83 bits per heavy atom. The Balaban J connectivity index is 0.00000320. The maximum absolute atomic E-state index is 6.20. The lowest BCUT2D eigenvalue weighted by molar-refractivity contribution is 0.124. The third-order valence-electron chi connectivity index (χ3n) is 6.27. The van der Waals surface area contributed by atoms with Crippen molar-refractivity contribution in [1.82, 2.24) is 20.4 Å². The summed E-state index contributed by atoms with van der Waals surface area (Å²) in [4.78, 5) is 10.1. The molecule has 7 heteroatoms. The van der Waals surface area contributed by atoms with Crippen molar-refractivity contribution < 1.29 is 0 Å². The lowest BCUT2D eigenvalue weighted by Gasteiger charge is -2.35. The summed E-state index contributed by atoms with van der Waals surface area (Å²) in [5, 5.41) is 7.80. The summed E-state index contributed by atoms with van der Waals surface area (Å²) in [6, 6.07) is 8.28. The normalized spacial score (nSPS) is 20.3. The van der Waals surface area contributed by atoms with E-state index in [4.69, 9.17) is 16.6 Å². The number of halogens is 2. The molecule has 3 rings (SSSR count). The van der Waals surface area contributed by atoms with E-state index < -0.39 is 0 Å². The van der Waals surface area contributed by atoms with E-state index in [0.717, 1.165) is 37.2 Å². The highest BCUT2D eigenvalue weighted by Gasteiger charge is 2.44. The number of hydrogen-bond donors (Lipinski definition) is 2. The fraction of sp³-hybridized carbons (Fsp3) is 0.696. The minimum atomic E-state index is 0. The third-order valence-corrected chi connectivity index (χ3v) is 6.51. The molecule has 1 saturated carbocycles. The molecule has 2 fully saturated rings. The van der Waals surface area contributed by atoms with E-state index in [9.17, 15) is 0 Å². The topological polar surface area (TPSA) is 42.9 Å². The first-order valence-corrected chi connectivity index (χ1v) is 11.7. The van der Waals surface area contributed by atoms with Crippen LogP contribution in [0.15, 0.2) is 29.3 Å². The van der Waals surface area contributed by atoms with E-state index in [1.54, 1.807) is 0 Å². The van der Waals surface area contributed by atoms with Crippen molar-refractivity contribution >= 4 is 41.5 Å². The van der Waals surface area contributed by atoms with Crippen LogP contribution in [0.5, 0.6) is 0 Å². The van der Waals surface area contributed by atoms with Gasteiger partial charge in [-0.15, -0.1) is 24.0 Å². The van der Waals surface area contributed by atoms with Gasteiger partial charge < -0.3 is 20.4 Å². The number of nitrogens with zero attached hydrogens (tertiary/aromatic N) is 3. The molecule has 1 aromatic rings. The molecule has 5 nitrogen and oxygen atoms in total. The van der Waals surface area contributed by atoms with E-state index in [-0.39, 0.29) is 29.4 Å². The number of piperazine rings is 1. The van der Waals surface area contributed by atoms with Crippen LogP contribution in [0.25, 0.3) is 0 Å². The summed E-state index contributed by atoms with van der Waals surface area (Å²) in [7, 11) is 0. The van der Waals surface area contributed by atoms with Crippen molar-refractivity contribution in [1.29, 1.82) is 0 Å². The number of aliphatic imine (C=N–C) groups is 1. The van der Waals surface area contributed by atoms with Crippen molar-refractivity contribution in [3.8, 4) is 0 Å². The average Bonchev–Trinajstić information content (AvgIpc) is 3.52. The summed E-state index contributed by atoms with van der Waals surface area (Å²) < 4.78 is 0. The Morgan fingerprint density at radius 3 is 2.43 bits per heavy atom. The fourth-order valence-electron chi connectivity index (χ4n) is 4.14. The first kappa shape index (κ1) is 25.7. The highest BCUT2D eigenvalue weighted by Crippen LogP contribution is 2.48. The third kappa shape index (κ3) is 7.53. The summed E-state index contributed by atoms with van der Waals surface area (Å²) in [5.74, 6) is 1.53. The lowest BCUT2D eigenvalue weighted by Crippen LogP contribution is -2.48. The zero-order valence-corrected chi connectivity index (χ0v) is 21.9. The first-order chi connectivity index (χ1) is 14.0. The van der Waals surface area contributed by atoms with Gasteiger partial charge in [-0.1, -0.05) is 37.6 Å². The molecule has 0 amide bonds. The predicted octanol–water partition coefficient (Wildman–Crippen LogP) is 3.82. The minimum Gasteiger partial charge on any atom is -0.357 e. The van der Waals surface area contributed by atoms with E-state index >= 15 is 0 Å². The Kier molecular flexibility index (Phi) is 10.7. The quantitative estimate of drug-likeness (QED) is 0.280. The van der Waals surface area contributed by atoms with Crippen molar-refractivity contribution in [3.63, 3.8) is 0 Å². The number of likely N-dealkylation sites (N-methyl/N-ethyl adjacent to an activating group) is 1. The van der Waals surface area contributed by atoms with Crippen LogP contribution in [0.3, 0.4) is 0 Å². The molecular weight excluding hydrogens is 509 g/mol. The molecule has 170 valence electrons. The van der Waals surface area contributed by atoms with Gasteiger partial charge in [0.15, 0.2) is 5.96 Å². The molecule has 1 saturated heterocycles. The van der Waals surface area contributed by atoms with E-state index in [1.165, 1.54) is 51.1 Å². The second-order valence-corrected chi connectivity index (χ2v) is 9.14. The average molecular weight is 548 g/mol. The van der Waals surface area contributed by atoms with Gasteiger partial charge in [0.05, 0.1) is 6.54 Å². The number of nitrogens with one attached hydrogen (secondary N) is 2. The van der Waals surface area contributed by atoms with Crippen LogP contribution in [-0.2, 0) is 5.41 Å². The standard InChI is InChI=1S/C23H38ClN5.HI/c1-4-25-22(26-16-19(3)17-29-13-11-28(5-2)12-14-29)27-18-23(9-10-23)20-7-6-8-21(24)15-20;/h6-8,15,19H,4-5,9-14,16-18H2,1-3H3,(H2,25,26,27);1H. The SMILES string of the molecule is CCNC(=NCC1(c2cccc(Cl)c2)CC1)NCC(C)CN1CCN(CC)CC1.I. The zero-order valence-electron chi connectivity index (χ0n) is 18.8. The van der Waals surface area contributed by atoms with Gasteiger partial charge in [-0.25, -0.2) is 0 Å². The van der Waals surface area contributed by atoms with E-state index in [0.29, 0.717) is 5.92 Å². The van der Waals surface area contributed by atoms with Gasteiger partial charge in [-0.3, -0.25) is 4.99 Å². The largest absolute Gasteiger partial charge is 0.357 e. The lowest BCUT2D eigenvalue weighted by atomic mass is 9.96. The van der Waals surface area contributed by atoms with Crippen LogP contribution in [0.4, 0.5) is 0 Å². The Hall–Kier alpha value is -0.570. The van der Waals surface area contributed by atoms with Crippen LogP contribution in [-0.4, -0.2) is 74.7 Å². The molecule has 0 radical (unpaired) electrons. The molecule has 1 unspecified atom stereocenters. The predicted molar refractivity (Wildman–Crippen MR) is 139 cm³/mol. The molecule has 2 aliphatic rings. The molecule has 1 aromatic carbocycles. The molecule has 1 atom stereocenters. The molecule has 0 spiro atoms. The molecule has 1 aliphatic carbocycles. The van der Waals surface area contributed by atoms with E-state index in [1.807, 2.05) is 12.1 Å². The summed E-state index contributed by atoms with van der Waals surface area (Å²) in [5.41, 5.74) is 1.50. The Labute approximate surface area is 205 Å². The van der Waals surface area contributed by atoms with Gasteiger partial charge in [0.1, 0.15) is 0 Å². The minimum absolute atomic E-state index is 0. The van der Waals surface area contributed by atoms with Crippen molar-refractivity contribution in [2.45, 2.75) is 39.0 Å². The highest BCUT2D eigenvalue weighted by molar-refractivity contribution is 14.0. The summed E-state index contributed by atoms with van der Waals surface area (Å²) in [6.45, 7) is 16.4. The number of hydrogen-bond acceptors (Lipinski definition) is 3. The molecular formula is C23H39ClIN5.